The third-order valence-corrected chi connectivity index (χ3v) is 9.64. The van der Waals surface area contributed by atoms with E-state index in [0.29, 0.717) is 33.5 Å². The van der Waals surface area contributed by atoms with Crippen molar-refractivity contribution in [2.24, 2.45) is 4.99 Å². The van der Waals surface area contributed by atoms with Gasteiger partial charge in [-0.15, -0.1) is 0 Å². The van der Waals surface area contributed by atoms with E-state index in [0.717, 1.165) is 16.2 Å². The van der Waals surface area contributed by atoms with Crippen LogP contribution in [0.3, 0.4) is 0 Å². The number of hydrogen-bond acceptors (Lipinski definition) is 11. The molecule has 0 saturated heterocycles. The molecule has 2 aromatic carbocycles. The topological polar surface area (TPSA) is 168 Å². The number of aliphatic hydroxyl groups is 5. The van der Waals surface area contributed by atoms with Crippen molar-refractivity contribution in [3.05, 3.63) is 93.2 Å². The van der Waals surface area contributed by atoms with Crippen LogP contribution in [0, 0.1) is 0 Å². The maximum Gasteiger partial charge on any atom is 0.434 e. The lowest BCUT2D eigenvalue weighted by Gasteiger charge is -2.44. The summed E-state index contributed by atoms with van der Waals surface area (Å²) in [5, 5.41) is 52.5. The smallest absolute Gasteiger partial charge is 0.434 e. The zero-order valence-electron chi connectivity index (χ0n) is 29.2. The van der Waals surface area contributed by atoms with E-state index >= 15 is 0 Å². The summed E-state index contributed by atoms with van der Waals surface area (Å²) in [6.45, 7) is 10.7. The average Bonchev–Trinajstić information content (AvgIpc) is 3.30. The lowest BCUT2D eigenvalue weighted by molar-refractivity contribution is -0.138. The number of hydroxylamine groups is 2. The Hall–Kier alpha value is -3.49. The molecule has 50 heavy (non-hydrogen) atoms. The van der Waals surface area contributed by atoms with Crippen LogP contribution in [0.2, 0.25) is 10.0 Å². The number of aliphatic imine (C=N–C) groups is 1. The van der Waals surface area contributed by atoms with Crippen molar-refractivity contribution in [1.82, 2.24) is 14.9 Å². The van der Waals surface area contributed by atoms with Crippen molar-refractivity contribution >= 4 is 35.1 Å². The normalized spacial score (nSPS) is 21.6. The number of ether oxygens (including phenoxy) is 1. The van der Waals surface area contributed by atoms with Crippen LogP contribution in [0.4, 0.5) is 4.79 Å². The molecule has 0 unspecified atom stereocenters. The second kappa shape index (κ2) is 15.4. The molecule has 1 amide bonds. The molecule has 272 valence electrons. The Labute approximate surface area is 302 Å². The van der Waals surface area contributed by atoms with E-state index in [1.165, 1.54) is 12.1 Å². The molecule has 6 atom stereocenters. The maximum absolute atomic E-state index is 13.9. The number of halogens is 2. The van der Waals surface area contributed by atoms with Gasteiger partial charge in [-0.2, -0.15) is 5.06 Å². The molecule has 1 aromatic heterocycles. The lowest BCUT2D eigenvalue weighted by atomic mass is 9.71. The Morgan fingerprint density at radius 3 is 2.00 bits per heavy atom. The summed E-state index contributed by atoms with van der Waals surface area (Å²) in [6.07, 6.45) is -6.48. The molecule has 4 rings (SSSR count). The number of carbonyl (C=O) groups excluding carboxylic acids is 1. The molecule has 0 spiro atoms. The van der Waals surface area contributed by atoms with Gasteiger partial charge in [-0.3, -0.25) is 9.98 Å². The molecule has 0 saturated carbocycles. The van der Waals surface area contributed by atoms with Crippen LogP contribution in [0.15, 0.2) is 65.8 Å². The standard InChI is InChI=1S/C36H46Cl2N4O8/c1-8-49-28-17-29(34(2,3)4)39-18-25(28)32-40-35(5,21-9-13-23(37)14-10-21)36(6,22-11-15-24(38)16-12-22)42(32)50-33(48)41(7)19-26(44)30(46)31(47)27(45)20-43/h9-18,26-27,30-31,43-47H,8,19-20H2,1-7H3/t26-,27+,30+,31+,35-,36+/m0/s1. The SMILES string of the molecule is CCOc1cc(C(C)(C)C)ncc1C1=N[C@@](C)(c2ccc(Cl)cc2)[C@@](C)(c2ccc(Cl)cc2)N1OC(=O)N(C)C[C@H](O)[C@@H](O)[C@H](O)[C@H](O)CO. The number of rotatable bonds is 12. The summed E-state index contributed by atoms with van der Waals surface area (Å²) < 4.78 is 6.14. The van der Waals surface area contributed by atoms with Gasteiger partial charge in [-0.25, -0.2) is 4.79 Å². The Morgan fingerprint density at radius 2 is 1.48 bits per heavy atom. The van der Waals surface area contributed by atoms with E-state index in [9.17, 15) is 25.2 Å². The van der Waals surface area contributed by atoms with E-state index in [4.69, 9.17) is 47.9 Å². The fraction of sp³-hybridized carbons (Fsp3) is 0.472. The molecule has 2 heterocycles. The highest BCUT2D eigenvalue weighted by Crippen LogP contribution is 2.54. The summed E-state index contributed by atoms with van der Waals surface area (Å²) in [5.74, 6) is 0.689. The number of hydrogen-bond donors (Lipinski definition) is 5. The molecule has 14 heteroatoms. The van der Waals surface area contributed by atoms with Gasteiger partial charge in [0.1, 0.15) is 41.2 Å². The maximum atomic E-state index is 13.9. The number of aromatic nitrogens is 1. The Bertz CT molecular complexity index is 1670. The monoisotopic (exact) mass is 732 g/mol. The van der Waals surface area contributed by atoms with Crippen LogP contribution < -0.4 is 4.74 Å². The van der Waals surface area contributed by atoms with Gasteiger partial charge in [0.05, 0.1) is 25.3 Å². The van der Waals surface area contributed by atoms with Gasteiger partial charge in [-0.1, -0.05) is 68.2 Å². The number of amides is 1. The van der Waals surface area contributed by atoms with E-state index in [1.54, 1.807) is 30.5 Å². The van der Waals surface area contributed by atoms with Crippen molar-refractivity contribution in [3.63, 3.8) is 0 Å². The van der Waals surface area contributed by atoms with Gasteiger partial charge in [0.2, 0.25) is 0 Å². The number of aliphatic hydroxyl groups excluding tert-OH is 5. The fourth-order valence-corrected chi connectivity index (χ4v) is 6.09. The molecule has 1 aliphatic heterocycles. The van der Waals surface area contributed by atoms with Crippen molar-refractivity contribution in [1.29, 1.82) is 0 Å². The first-order valence-electron chi connectivity index (χ1n) is 16.2. The third kappa shape index (κ3) is 7.71. The summed E-state index contributed by atoms with van der Waals surface area (Å²) in [6, 6.07) is 16.1. The van der Waals surface area contributed by atoms with Crippen LogP contribution in [0.25, 0.3) is 0 Å². The number of amidine groups is 1. The average molecular weight is 734 g/mol. The van der Waals surface area contributed by atoms with Gasteiger partial charge in [0.15, 0.2) is 5.84 Å². The number of pyridine rings is 1. The first kappa shape index (κ1) is 39.3. The fourth-order valence-electron chi connectivity index (χ4n) is 5.84. The Morgan fingerprint density at radius 1 is 0.940 bits per heavy atom. The lowest BCUT2D eigenvalue weighted by Crippen LogP contribution is -2.55. The minimum absolute atomic E-state index is 0.222. The first-order chi connectivity index (χ1) is 23.4. The number of likely N-dealkylation sites (N-methyl/N-ethyl adjacent to an activating group) is 1. The number of carbonyl (C=O) groups is 1. The van der Waals surface area contributed by atoms with Gasteiger partial charge in [0.25, 0.3) is 0 Å². The molecule has 12 nitrogen and oxygen atoms in total. The second-order valence-corrected chi connectivity index (χ2v) is 14.5. The van der Waals surface area contributed by atoms with E-state index in [1.807, 2.05) is 71.9 Å². The molecular formula is C36H46Cl2N4O8. The van der Waals surface area contributed by atoms with Gasteiger partial charge >= 0.3 is 6.09 Å². The van der Waals surface area contributed by atoms with Crippen molar-refractivity contribution in [2.45, 2.75) is 82.5 Å². The highest BCUT2D eigenvalue weighted by atomic mass is 35.5. The van der Waals surface area contributed by atoms with E-state index < -0.39 is 54.7 Å². The van der Waals surface area contributed by atoms with Crippen LogP contribution >= 0.6 is 23.2 Å². The summed E-state index contributed by atoms with van der Waals surface area (Å²) in [5.41, 5.74) is -0.0650. The molecule has 3 aromatic rings. The molecular weight excluding hydrogens is 687 g/mol. The van der Waals surface area contributed by atoms with Crippen LogP contribution in [-0.2, 0) is 21.3 Å². The quantitative estimate of drug-likeness (QED) is 0.180. The number of nitrogens with zero attached hydrogens (tertiary/aromatic N) is 4. The molecule has 0 aliphatic carbocycles. The van der Waals surface area contributed by atoms with Crippen molar-refractivity contribution < 1.29 is 39.9 Å². The van der Waals surface area contributed by atoms with Crippen LogP contribution in [0.1, 0.15) is 63.9 Å². The largest absolute Gasteiger partial charge is 0.493 e. The first-order valence-corrected chi connectivity index (χ1v) is 17.0. The van der Waals surface area contributed by atoms with E-state index in [-0.39, 0.29) is 11.3 Å². The molecule has 5 N–H and O–H groups in total. The van der Waals surface area contributed by atoms with E-state index in [2.05, 4.69) is 0 Å². The van der Waals surface area contributed by atoms with Gasteiger partial charge in [0, 0.05) is 40.5 Å². The Kier molecular flexibility index (Phi) is 12.1. The molecule has 0 radical (unpaired) electrons. The van der Waals surface area contributed by atoms with Gasteiger partial charge in [-0.05, 0) is 56.2 Å². The summed E-state index contributed by atoms with van der Waals surface area (Å²) in [4.78, 5) is 31.2. The predicted octanol–water partition coefficient (Wildman–Crippen LogP) is 4.40. The van der Waals surface area contributed by atoms with Crippen molar-refractivity contribution in [2.75, 3.05) is 26.8 Å². The highest BCUT2D eigenvalue weighted by Gasteiger charge is 2.60. The molecule has 0 fully saturated rings. The second-order valence-electron chi connectivity index (χ2n) is 13.7. The Balaban J connectivity index is 1.89. The van der Waals surface area contributed by atoms with Crippen LogP contribution in [-0.4, -0.2) is 104 Å². The molecule has 0 bridgehead atoms. The minimum atomic E-state index is -1.88. The van der Waals surface area contributed by atoms with Crippen molar-refractivity contribution in [3.8, 4) is 5.75 Å². The summed E-state index contributed by atoms with van der Waals surface area (Å²) in [7, 11) is 1.34. The zero-order valence-corrected chi connectivity index (χ0v) is 30.7. The minimum Gasteiger partial charge on any atom is -0.493 e. The zero-order chi connectivity index (χ0) is 37.2. The van der Waals surface area contributed by atoms with Gasteiger partial charge < -0.3 is 40.0 Å². The number of benzene rings is 2. The summed E-state index contributed by atoms with van der Waals surface area (Å²) >= 11 is 12.6. The predicted molar refractivity (Wildman–Crippen MR) is 190 cm³/mol. The van der Waals surface area contributed by atoms with Crippen LogP contribution in [0.5, 0.6) is 5.75 Å². The highest BCUT2D eigenvalue weighted by molar-refractivity contribution is 6.30. The third-order valence-electron chi connectivity index (χ3n) is 9.13. The molecule has 1 aliphatic rings.